The van der Waals surface area contributed by atoms with Crippen molar-refractivity contribution < 1.29 is 14.3 Å². The summed E-state index contributed by atoms with van der Waals surface area (Å²) in [5.74, 6) is -0.620. The van der Waals surface area contributed by atoms with Gasteiger partial charge in [0.05, 0.1) is 12.8 Å². The van der Waals surface area contributed by atoms with Gasteiger partial charge in [-0.3, -0.25) is 9.69 Å². The molecule has 0 aliphatic carbocycles. The number of benzene rings is 2. The van der Waals surface area contributed by atoms with Crippen molar-refractivity contribution in [2.75, 3.05) is 12.0 Å². The summed E-state index contributed by atoms with van der Waals surface area (Å²) in [6.45, 7) is 5.07. The molecule has 0 fully saturated rings. The van der Waals surface area contributed by atoms with Crippen LogP contribution in [0.25, 0.3) is 10.8 Å². The van der Waals surface area contributed by atoms with Crippen LogP contribution in [-0.2, 0) is 14.3 Å². The van der Waals surface area contributed by atoms with Gasteiger partial charge in [0.2, 0.25) is 5.91 Å². The van der Waals surface area contributed by atoms with Crippen LogP contribution in [0.2, 0.25) is 0 Å². The Kier molecular flexibility index (Phi) is 4.26. The lowest BCUT2D eigenvalue weighted by atomic mass is 10.0. The van der Waals surface area contributed by atoms with Crippen LogP contribution in [0.3, 0.4) is 0 Å². The first-order valence-corrected chi connectivity index (χ1v) is 6.83. The summed E-state index contributed by atoms with van der Waals surface area (Å²) in [5, 5.41) is 1.98. The highest BCUT2D eigenvalue weighted by Gasteiger charge is 2.28. The fraction of sp³-hybridized carbons (Fsp3) is 0.294. The zero-order valence-electron chi connectivity index (χ0n) is 12.7. The van der Waals surface area contributed by atoms with E-state index < -0.39 is 12.0 Å². The van der Waals surface area contributed by atoms with Gasteiger partial charge in [-0.2, -0.15) is 0 Å². The maximum Gasteiger partial charge on any atom is 0.328 e. The van der Waals surface area contributed by atoms with E-state index in [1.54, 1.807) is 6.92 Å². The molecule has 2 aromatic carbocycles. The van der Waals surface area contributed by atoms with Gasteiger partial charge < -0.3 is 4.74 Å². The number of hydrogen-bond acceptors (Lipinski definition) is 3. The standard InChI is InChI=1S/C17H19NO3/c1-11-9-10-14-7-5-6-8-15(14)16(11)18(13(3)19)12(2)17(20)21-4/h5-10,12H,1-4H3/t12-/m0/s1. The van der Waals surface area contributed by atoms with Gasteiger partial charge in [-0.15, -0.1) is 0 Å². The third-order valence-corrected chi connectivity index (χ3v) is 3.61. The van der Waals surface area contributed by atoms with Gasteiger partial charge in [0.15, 0.2) is 0 Å². The SMILES string of the molecule is COC(=O)[C@H](C)N(C(C)=O)c1c(C)ccc2ccccc12. The van der Waals surface area contributed by atoms with Crippen molar-refractivity contribution in [3.05, 3.63) is 42.0 Å². The van der Waals surface area contributed by atoms with E-state index in [2.05, 4.69) is 0 Å². The van der Waals surface area contributed by atoms with Crippen molar-refractivity contribution in [2.24, 2.45) is 0 Å². The van der Waals surface area contributed by atoms with Crippen molar-refractivity contribution in [3.8, 4) is 0 Å². The smallest absolute Gasteiger partial charge is 0.328 e. The van der Waals surface area contributed by atoms with E-state index in [1.165, 1.54) is 18.9 Å². The quantitative estimate of drug-likeness (QED) is 0.814. The Morgan fingerprint density at radius 3 is 2.43 bits per heavy atom. The Balaban J connectivity index is 2.68. The lowest BCUT2D eigenvalue weighted by molar-refractivity contribution is -0.142. The molecule has 1 atom stereocenters. The van der Waals surface area contributed by atoms with Crippen molar-refractivity contribution in [2.45, 2.75) is 26.8 Å². The molecular formula is C17H19NO3. The number of fused-ring (bicyclic) bond motifs is 1. The minimum atomic E-state index is -0.669. The van der Waals surface area contributed by atoms with Crippen molar-refractivity contribution in [1.29, 1.82) is 0 Å². The molecule has 21 heavy (non-hydrogen) atoms. The van der Waals surface area contributed by atoms with E-state index >= 15 is 0 Å². The monoisotopic (exact) mass is 285 g/mol. The average molecular weight is 285 g/mol. The third-order valence-electron chi connectivity index (χ3n) is 3.61. The predicted molar refractivity (Wildman–Crippen MR) is 83.3 cm³/mol. The third kappa shape index (κ3) is 2.75. The normalized spacial score (nSPS) is 12.0. The maximum absolute atomic E-state index is 12.1. The van der Waals surface area contributed by atoms with E-state index in [1.807, 2.05) is 43.3 Å². The number of carbonyl (C=O) groups excluding carboxylic acids is 2. The Bertz CT molecular complexity index is 693. The molecule has 2 rings (SSSR count). The number of hydrogen-bond donors (Lipinski definition) is 0. The molecule has 110 valence electrons. The summed E-state index contributed by atoms with van der Waals surface area (Å²) >= 11 is 0. The Morgan fingerprint density at radius 1 is 1.14 bits per heavy atom. The number of esters is 1. The number of methoxy groups -OCH3 is 1. The minimum absolute atomic E-state index is 0.188. The van der Waals surface area contributed by atoms with Crippen LogP contribution in [0, 0.1) is 6.92 Å². The fourth-order valence-electron chi connectivity index (χ4n) is 2.58. The Hall–Kier alpha value is -2.36. The second kappa shape index (κ2) is 5.95. The maximum atomic E-state index is 12.1. The Labute approximate surface area is 124 Å². The summed E-state index contributed by atoms with van der Waals surface area (Å²) < 4.78 is 4.78. The molecule has 0 saturated carbocycles. The number of anilines is 1. The van der Waals surface area contributed by atoms with Crippen LogP contribution in [-0.4, -0.2) is 25.0 Å². The molecule has 0 spiro atoms. The van der Waals surface area contributed by atoms with E-state index in [-0.39, 0.29) is 5.91 Å². The van der Waals surface area contributed by atoms with Crippen LogP contribution >= 0.6 is 0 Å². The molecule has 1 amide bonds. The van der Waals surface area contributed by atoms with Gasteiger partial charge in [0.25, 0.3) is 0 Å². The number of carbonyl (C=O) groups is 2. The summed E-state index contributed by atoms with van der Waals surface area (Å²) in [7, 11) is 1.33. The summed E-state index contributed by atoms with van der Waals surface area (Å²) in [6, 6.07) is 11.1. The van der Waals surface area contributed by atoms with E-state index in [4.69, 9.17) is 4.74 Å². The molecule has 0 aliphatic heterocycles. The number of rotatable bonds is 3. The molecular weight excluding hydrogens is 266 g/mol. The molecule has 0 N–H and O–H groups in total. The highest BCUT2D eigenvalue weighted by Crippen LogP contribution is 2.32. The number of ether oxygens (including phenoxy) is 1. The minimum Gasteiger partial charge on any atom is -0.467 e. The van der Waals surface area contributed by atoms with Crippen molar-refractivity contribution >= 4 is 28.3 Å². The molecule has 0 aliphatic rings. The van der Waals surface area contributed by atoms with Crippen molar-refractivity contribution in [3.63, 3.8) is 0 Å². The molecule has 0 unspecified atom stereocenters. The highest BCUT2D eigenvalue weighted by molar-refractivity contribution is 6.07. The van der Waals surface area contributed by atoms with Crippen molar-refractivity contribution in [1.82, 2.24) is 0 Å². The van der Waals surface area contributed by atoms with Crippen LogP contribution in [0.4, 0.5) is 5.69 Å². The van der Waals surface area contributed by atoms with Gasteiger partial charge in [-0.25, -0.2) is 4.79 Å². The first-order valence-electron chi connectivity index (χ1n) is 6.83. The molecule has 4 heteroatoms. The lowest BCUT2D eigenvalue weighted by Gasteiger charge is -2.29. The second-order valence-corrected chi connectivity index (χ2v) is 5.04. The van der Waals surface area contributed by atoms with Gasteiger partial charge >= 0.3 is 5.97 Å². The van der Waals surface area contributed by atoms with Crippen LogP contribution in [0.15, 0.2) is 36.4 Å². The average Bonchev–Trinajstić information content (AvgIpc) is 2.48. The van der Waals surface area contributed by atoms with Crippen LogP contribution in [0.5, 0.6) is 0 Å². The largest absolute Gasteiger partial charge is 0.467 e. The number of nitrogens with zero attached hydrogens (tertiary/aromatic N) is 1. The van der Waals surface area contributed by atoms with Gasteiger partial charge in [-0.05, 0) is 24.8 Å². The van der Waals surface area contributed by atoms with Gasteiger partial charge in [0, 0.05) is 12.3 Å². The number of amides is 1. The fourth-order valence-corrected chi connectivity index (χ4v) is 2.58. The molecule has 0 radical (unpaired) electrons. The highest BCUT2D eigenvalue weighted by atomic mass is 16.5. The molecule has 0 saturated heterocycles. The van der Waals surface area contributed by atoms with E-state index in [0.29, 0.717) is 0 Å². The van der Waals surface area contributed by atoms with Gasteiger partial charge in [-0.1, -0.05) is 36.4 Å². The van der Waals surface area contributed by atoms with Gasteiger partial charge in [0.1, 0.15) is 6.04 Å². The Morgan fingerprint density at radius 2 is 1.81 bits per heavy atom. The van der Waals surface area contributed by atoms with Crippen LogP contribution in [0.1, 0.15) is 19.4 Å². The van der Waals surface area contributed by atoms with Crippen LogP contribution < -0.4 is 4.90 Å². The predicted octanol–water partition coefficient (Wildman–Crippen LogP) is 3.06. The summed E-state index contributed by atoms with van der Waals surface area (Å²) in [4.78, 5) is 25.5. The molecule has 4 nitrogen and oxygen atoms in total. The zero-order valence-corrected chi connectivity index (χ0v) is 12.7. The lowest BCUT2D eigenvalue weighted by Crippen LogP contribution is -2.43. The van der Waals surface area contributed by atoms with E-state index in [9.17, 15) is 9.59 Å². The second-order valence-electron chi connectivity index (χ2n) is 5.04. The molecule has 0 aromatic heterocycles. The van der Waals surface area contributed by atoms with E-state index in [0.717, 1.165) is 22.0 Å². The first-order chi connectivity index (χ1) is 9.97. The molecule has 2 aromatic rings. The summed E-state index contributed by atoms with van der Waals surface area (Å²) in [6.07, 6.45) is 0. The zero-order chi connectivity index (χ0) is 15.6. The molecule has 0 bridgehead atoms. The topological polar surface area (TPSA) is 46.6 Å². The molecule has 0 heterocycles. The summed E-state index contributed by atoms with van der Waals surface area (Å²) in [5.41, 5.74) is 1.71. The number of aryl methyl sites for hydroxylation is 1. The first kappa shape index (κ1) is 15.0.